The largest absolute Gasteiger partial charge is 0.477 e. The van der Waals surface area contributed by atoms with E-state index in [9.17, 15) is 4.39 Å². The quantitative estimate of drug-likeness (QED) is 0.571. The molecule has 0 aliphatic rings. The van der Waals surface area contributed by atoms with E-state index in [2.05, 4.69) is 27.5 Å². The molecule has 0 aliphatic heterocycles. The zero-order valence-electron chi connectivity index (χ0n) is 14.8. The molecule has 2 rings (SSSR count). The number of hydrogen-bond donors (Lipinski definition) is 2. The van der Waals surface area contributed by atoms with Crippen molar-refractivity contribution >= 4 is 5.96 Å². The first-order valence-corrected chi connectivity index (χ1v) is 8.48. The summed E-state index contributed by atoms with van der Waals surface area (Å²) < 4.78 is 18.8. The monoisotopic (exact) mass is 344 g/mol. The Morgan fingerprint density at radius 3 is 2.88 bits per heavy atom. The number of nitrogens with zero attached hydrogens (tertiary/aromatic N) is 2. The maximum Gasteiger partial charge on any atom is 0.218 e. The summed E-state index contributed by atoms with van der Waals surface area (Å²) in [5.41, 5.74) is 1.93. The number of guanidine groups is 1. The van der Waals surface area contributed by atoms with Crippen LogP contribution in [0.1, 0.15) is 24.5 Å². The minimum absolute atomic E-state index is 0.212. The second-order valence-corrected chi connectivity index (χ2v) is 5.55. The third kappa shape index (κ3) is 6.41. The molecule has 0 atom stereocenters. The molecular weight excluding hydrogens is 319 g/mol. The van der Waals surface area contributed by atoms with E-state index in [1.165, 1.54) is 6.07 Å². The third-order valence-electron chi connectivity index (χ3n) is 3.56. The maximum atomic E-state index is 13.2. The van der Waals surface area contributed by atoms with Crippen LogP contribution in [0.15, 0.2) is 47.6 Å². The molecule has 1 aromatic heterocycles. The molecule has 2 N–H and O–H groups in total. The van der Waals surface area contributed by atoms with Crippen molar-refractivity contribution in [2.75, 3.05) is 20.2 Å². The molecule has 0 saturated carbocycles. The summed E-state index contributed by atoms with van der Waals surface area (Å²) in [6.07, 6.45) is 3.38. The van der Waals surface area contributed by atoms with E-state index < -0.39 is 0 Å². The van der Waals surface area contributed by atoms with Gasteiger partial charge in [0, 0.05) is 31.9 Å². The van der Waals surface area contributed by atoms with E-state index in [0.717, 1.165) is 24.0 Å². The van der Waals surface area contributed by atoms with Gasteiger partial charge >= 0.3 is 0 Å². The molecular formula is C19H25FN4O. The van der Waals surface area contributed by atoms with Crippen molar-refractivity contribution in [1.82, 2.24) is 15.6 Å². The minimum Gasteiger partial charge on any atom is -0.477 e. The van der Waals surface area contributed by atoms with Crippen molar-refractivity contribution in [3.8, 4) is 5.88 Å². The molecule has 6 heteroatoms. The van der Waals surface area contributed by atoms with Gasteiger partial charge in [0.05, 0.1) is 6.61 Å². The van der Waals surface area contributed by atoms with Crippen LogP contribution in [-0.4, -0.2) is 31.1 Å². The number of nitrogens with one attached hydrogen (secondary N) is 2. The van der Waals surface area contributed by atoms with E-state index in [-0.39, 0.29) is 5.82 Å². The average Bonchev–Trinajstić information content (AvgIpc) is 2.63. The fraction of sp³-hybridized carbons (Fsp3) is 0.368. The fourth-order valence-electron chi connectivity index (χ4n) is 2.30. The predicted octanol–water partition coefficient (Wildman–Crippen LogP) is 2.92. The van der Waals surface area contributed by atoms with Crippen molar-refractivity contribution in [2.24, 2.45) is 4.99 Å². The molecule has 0 unspecified atom stereocenters. The molecule has 0 radical (unpaired) electrons. The Kier molecular flexibility index (Phi) is 7.69. The lowest BCUT2D eigenvalue weighted by Crippen LogP contribution is -2.38. The number of halogens is 1. The second-order valence-electron chi connectivity index (χ2n) is 5.55. The summed E-state index contributed by atoms with van der Waals surface area (Å²) >= 11 is 0. The Morgan fingerprint density at radius 1 is 1.24 bits per heavy atom. The number of rotatable bonds is 8. The smallest absolute Gasteiger partial charge is 0.218 e. The predicted molar refractivity (Wildman–Crippen MR) is 98.3 cm³/mol. The molecule has 25 heavy (non-hydrogen) atoms. The molecule has 0 amide bonds. The number of aromatic nitrogens is 1. The minimum atomic E-state index is -0.212. The highest BCUT2D eigenvalue weighted by Crippen LogP contribution is 2.14. The molecule has 2 aromatic rings. The van der Waals surface area contributed by atoms with Crippen LogP contribution < -0.4 is 15.4 Å². The third-order valence-corrected chi connectivity index (χ3v) is 3.56. The van der Waals surface area contributed by atoms with Gasteiger partial charge < -0.3 is 15.4 Å². The van der Waals surface area contributed by atoms with E-state index >= 15 is 0 Å². The van der Waals surface area contributed by atoms with E-state index in [0.29, 0.717) is 31.5 Å². The van der Waals surface area contributed by atoms with Crippen LogP contribution in [0.25, 0.3) is 0 Å². The summed E-state index contributed by atoms with van der Waals surface area (Å²) in [6.45, 7) is 3.93. The first-order valence-electron chi connectivity index (χ1n) is 8.48. The lowest BCUT2D eigenvalue weighted by Gasteiger charge is -2.14. The molecule has 0 bridgehead atoms. The first kappa shape index (κ1) is 18.7. The zero-order chi connectivity index (χ0) is 17.9. The molecule has 0 aliphatic carbocycles. The summed E-state index contributed by atoms with van der Waals surface area (Å²) in [6, 6.07) is 10.5. The first-order chi connectivity index (χ1) is 12.2. The molecule has 0 saturated heterocycles. The van der Waals surface area contributed by atoms with E-state index in [4.69, 9.17) is 4.74 Å². The van der Waals surface area contributed by atoms with Crippen LogP contribution in [0, 0.1) is 5.82 Å². The average molecular weight is 344 g/mol. The Hall–Kier alpha value is -2.63. The SMILES string of the molecule is CCCOc1ncccc1CNC(=NC)NCCc1cccc(F)c1. The Labute approximate surface area is 148 Å². The van der Waals surface area contributed by atoms with Gasteiger partial charge in [-0.05, 0) is 36.6 Å². The van der Waals surface area contributed by atoms with Gasteiger partial charge in [0.25, 0.3) is 0 Å². The van der Waals surface area contributed by atoms with E-state index in [1.807, 2.05) is 18.2 Å². The number of hydrogen-bond acceptors (Lipinski definition) is 3. The Morgan fingerprint density at radius 2 is 2.12 bits per heavy atom. The van der Waals surface area contributed by atoms with Crippen LogP contribution in [0.5, 0.6) is 5.88 Å². The number of ether oxygens (including phenoxy) is 1. The highest BCUT2D eigenvalue weighted by Gasteiger charge is 2.06. The lowest BCUT2D eigenvalue weighted by molar-refractivity contribution is 0.301. The Bertz CT molecular complexity index is 691. The van der Waals surface area contributed by atoms with E-state index in [1.54, 1.807) is 25.4 Å². The van der Waals surface area contributed by atoms with Crippen molar-refractivity contribution in [3.05, 3.63) is 59.5 Å². The van der Waals surface area contributed by atoms with Gasteiger partial charge in [-0.3, -0.25) is 4.99 Å². The highest BCUT2D eigenvalue weighted by atomic mass is 19.1. The van der Waals surface area contributed by atoms with Gasteiger partial charge in [-0.15, -0.1) is 0 Å². The molecule has 1 aromatic carbocycles. The van der Waals surface area contributed by atoms with Gasteiger partial charge in [0.2, 0.25) is 5.88 Å². The summed E-state index contributed by atoms with van der Waals surface area (Å²) in [7, 11) is 1.72. The normalized spacial score (nSPS) is 11.2. The number of benzene rings is 1. The maximum absolute atomic E-state index is 13.2. The zero-order valence-corrected chi connectivity index (χ0v) is 14.8. The van der Waals surface area contributed by atoms with Crippen molar-refractivity contribution in [3.63, 3.8) is 0 Å². The van der Waals surface area contributed by atoms with Crippen LogP contribution in [-0.2, 0) is 13.0 Å². The van der Waals surface area contributed by atoms with Crippen molar-refractivity contribution in [2.45, 2.75) is 26.3 Å². The highest BCUT2D eigenvalue weighted by molar-refractivity contribution is 5.79. The molecule has 0 fully saturated rings. The van der Waals surface area contributed by atoms with Gasteiger partial charge in [-0.1, -0.05) is 25.1 Å². The van der Waals surface area contributed by atoms with Gasteiger partial charge in [-0.2, -0.15) is 0 Å². The van der Waals surface area contributed by atoms with Crippen LogP contribution >= 0.6 is 0 Å². The lowest BCUT2D eigenvalue weighted by atomic mass is 10.1. The van der Waals surface area contributed by atoms with Gasteiger partial charge in [-0.25, -0.2) is 9.37 Å². The van der Waals surface area contributed by atoms with Crippen molar-refractivity contribution < 1.29 is 9.13 Å². The molecule has 134 valence electrons. The molecule has 1 heterocycles. The molecule has 0 spiro atoms. The summed E-state index contributed by atoms with van der Waals surface area (Å²) in [4.78, 5) is 8.47. The Balaban J connectivity index is 1.82. The van der Waals surface area contributed by atoms with Crippen LogP contribution in [0.3, 0.4) is 0 Å². The second kappa shape index (κ2) is 10.3. The molecule has 5 nitrogen and oxygen atoms in total. The van der Waals surface area contributed by atoms with Gasteiger partial charge in [0.15, 0.2) is 5.96 Å². The van der Waals surface area contributed by atoms with Crippen LogP contribution in [0.2, 0.25) is 0 Å². The fourth-order valence-corrected chi connectivity index (χ4v) is 2.30. The number of aliphatic imine (C=N–C) groups is 1. The summed E-state index contributed by atoms with van der Waals surface area (Å²) in [5, 5.41) is 6.47. The van der Waals surface area contributed by atoms with Crippen LogP contribution in [0.4, 0.5) is 4.39 Å². The topological polar surface area (TPSA) is 58.5 Å². The summed E-state index contributed by atoms with van der Waals surface area (Å²) in [5.74, 6) is 1.12. The van der Waals surface area contributed by atoms with Crippen molar-refractivity contribution in [1.29, 1.82) is 0 Å². The number of pyridine rings is 1. The van der Waals surface area contributed by atoms with Gasteiger partial charge in [0.1, 0.15) is 5.82 Å². The standard InChI is InChI=1S/C19H25FN4O/c1-3-12-25-18-16(7-5-10-22-18)14-24-19(21-2)23-11-9-15-6-4-8-17(20)13-15/h4-8,10,13H,3,9,11-12,14H2,1-2H3,(H2,21,23,24).